The van der Waals surface area contributed by atoms with E-state index in [0.29, 0.717) is 18.3 Å². The summed E-state index contributed by atoms with van der Waals surface area (Å²) in [5.74, 6) is 2.04. The average molecular weight is 376 g/mol. The molecule has 0 spiro atoms. The number of aromatic nitrogens is 3. The molecule has 0 aliphatic carbocycles. The minimum Gasteiger partial charge on any atom is -0.445 e. The lowest BCUT2D eigenvalue weighted by molar-refractivity contribution is 0.0840. The smallest absolute Gasteiger partial charge is 0.410 e. The number of carbonyl (C=O) groups excluding carboxylic acids is 1. The van der Waals surface area contributed by atoms with Crippen LogP contribution in [0.25, 0.3) is 0 Å². The zero-order valence-corrected chi connectivity index (χ0v) is 15.7. The first kappa shape index (κ1) is 18.7. The summed E-state index contributed by atoms with van der Waals surface area (Å²) >= 11 is 1.65. The summed E-state index contributed by atoms with van der Waals surface area (Å²) in [6.45, 7) is 1.65. The highest BCUT2D eigenvalue weighted by Crippen LogP contribution is 2.26. The Balaban J connectivity index is 1.39. The third-order valence-corrected chi connectivity index (χ3v) is 5.84. The summed E-state index contributed by atoms with van der Waals surface area (Å²) in [7, 11) is 1.86. The molecule has 1 fully saturated rings. The second kappa shape index (κ2) is 9.05. The van der Waals surface area contributed by atoms with Crippen molar-refractivity contribution in [2.75, 3.05) is 18.8 Å². The standard InChI is InChI=1S/C18H24N4O3S/c1-21-16(11-23)19-20-17(21)26-13-15-7-9-22(10-8-15)18(24)25-12-14-5-3-2-4-6-14/h2-6,15,23H,7-13H2,1H3. The van der Waals surface area contributed by atoms with Gasteiger partial charge in [-0.3, -0.25) is 0 Å². The number of hydrogen-bond acceptors (Lipinski definition) is 6. The first-order valence-electron chi connectivity index (χ1n) is 8.75. The highest BCUT2D eigenvalue weighted by atomic mass is 32.2. The van der Waals surface area contributed by atoms with Crippen LogP contribution in [0.4, 0.5) is 4.79 Å². The molecule has 1 aromatic heterocycles. The van der Waals surface area contributed by atoms with Gasteiger partial charge in [0.2, 0.25) is 0 Å². The Hall–Kier alpha value is -2.06. The molecule has 8 heteroatoms. The van der Waals surface area contributed by atoms with E-state index < -0.39 is 0 Å². The number of thioether (sulfide) groups is 1. The molecule has 0 unspecified atom stereocenters. The molecule has 7 nitrogen and oxygen atoms in total. The van der Waals surface area contributed by atoms with Gasteiger partial charge in [-0.05, 0) is 24.3 Å². The number of nitrogens with zero attached hydrogens (tertiary/aromatic N) is 4. The van der Waals surface area contributed by atoms with Crippen molar-refractivity contribution in [3.8, 4) is 0 Å². The molecule has 1 N–H and O–H groups in total. The summed E-state index contributed by atoms with van der Waals surface area (Å²) in [4.78, 5) is 14.0. The third-order valence-electron chi connectivity index (χ3n) is 4.59. The number of carbonyl (C=O) groups is 1. The molecule has 0 bridgehead atoms. The van der Waals surface area contributed by atoms with Crippen LogP contribution in [0.2, 0.25) is 0 Å². The van der Waals surface area contributed by atoms with Crippen molar-refractivity contribution in [3.63, 3.8) is 0 Å². The number of amides is 1. The van der Waals surface area contributed by atoms with Gasteiger partial charge in [-0.25, -0.2) is 4.79 Å². The maximum atomic E-state index is 12.2. The van der Waals surface area contributed by atoms with Crippen molar-refractivity contribution in [2.45, 2.75) is 31.2 Å². The summed E-state index contributed by atoms with van der Waals surface area (Å²) in [6, 6.07) is 9.72. The number of likely N-dealkylation sites (tertiary alicyclic amines) is 1. The van der Waals surface area contributed by atoms with Crippen LogP contribution in [-0.2, 0) is 25.0 Å². The van der Waals surface area contributed by atoms with Gasteiger partial charge in [0.1, 0.15) is 13.2 Å². The molecule has 0 radical (unpaired) electrons. The van der Waals surface area contributed by atoms with Crippen LogP contribution in [0.1, 0.15) is 24.2 Å². The Kier molecular flexibility index (Phi) is 6.51. The van der Waals surface area contributed by atoms with E-state index in [1.807, 2.05) is 41.9 Å². The number of ether oxygens (including phenoxy) is 1. The maximum absolute atomic E-state index is 12.2. The van der Waals surface area contributed by atoms with Crippen LogP contribution in [0.15, 0.2) is 35.5 Å². The fraction of sp³-hybridized carbons (Fsp3) is 0.500. The molecule has 1 saturated heterocycles. The second-order valence-corrected chi connectivity index (χ2v) is 7.38. The quantitative estimate of drug-likeness (QED) is 0.780. The summed E-state index contributed by atoms with van der Waals surface area (Å²) in [6.07, 6.45) is 1.68. The van der Waals surface area contributed by atoms with Gasteiger partial charge in [0.05, 0.1) is 0 Å². The van der Waals surface area contributed by atoms with E-state index in [1.54, 1.807) is 16.7 Å². The van der Waals surface area contributed by atoms with Gasteiger partial charge in [-0.2, -0.15) is 0 Å². The number of rotatable bonds is 6. The highest BCUT2D eigenvalue weighted by Gasteiger charge is 2.24. The number of aliphatic hydroxyl groups is 1. The van der Waals surface area contributed by atoms with Crippen LogP contribution in [0.5, 0.6) is 0 Å². The van der Waals surface area contributed by atoms with Gasteiger partial charge in [-0.15, -0.1) is 10.2 Å². The van der Waals surface area contributed by atoms with Crippen LogP contribution < -0.4 is 0 Å². The summed E-state index contributed by atoms with van der Waals surface area (Å²) < 4.78 is 7.22. The van der Waals surface area contributed by atoms with Crippen molar-refractivity contribution in [1.82, 2.24) is 19.7 Å². The Morgan fingerprint density at radius 2 is 2.00 bits per heavy atom. The van der Waals surface area contributed by atoms with Crippen molar-refractivity contribution >= 4 is 17.9 Å². The fourth-order valence-electron chi connectivity index (χ4n) is 2.89. The van der Waals surface area contributed by atoms with Crippen LogP contribution in [0, 0.1) is 5.92 Å². The average Bonchev–Trinajstić information content (AvgIpc) is 3.05. The van der Waals surface area contributed by atoms with E-state index in [2.05, 4.69) is 10.2 Å². The zero-order chi connectivity index (χ0) is 18.4. The van der Waals surface area contributed by atoms with E-state index in [1.165, 1.54) is 0 Å². The van der Waals surface area contributed by atoms with Crippen molar-refractivity contribution in [1.29, 1.82) is 0 Å². The molecular weight excluding hydrogens is 352 g/mol. The number of piperidine rings is 1. The molecule has 1 aromatic carbocycles. The fourth-order valence-corrected chi connectivity index (χ4v) is 4.01. The predicted octanol–water partition coefficient (Wildman–Crippen LogP) is 2.45. The second-order valence-electron chi connectivity index (χ2n) is 6.40. The molecule has 3 rings (SSSR count). The predicted molar refractivity (Wildman–Crippen MR) is 98.6 cm³/mol. The van der Waals surface area contributed by atoms with Gasteiger partial charge in [-0.1, -0.05) is 42.1 Å². The van der Waals surface area contributed by atoms with E-state index in [-0.39, 0.29) is 12.7 Å². The Morgan fingerprint density at radius 1 is 1.27 bits per heavy atom. The zero-order valence-electron chi connectivity index (χ0n) is 14.9. The largest absolute Gasteiger partial charge is 0.445 e. The van der Waals surface area contributed by atoms with Gasteiger partial charge >= 0.3 is 6.09 Å². The SMILES string of the molecule is Cn1c(CO)nnc1SCC1CCN(C(=O)OCc2ccccc2)CC1. The molecule has 0 atom stereocenters. The Labute approximate surface area is 157 Å². The molecule has 2 heterocycles. The van der Waals surface area contributed by atoms with Crippen molar-refractivity contribution < 1.29 is 14.6 Å². The lowest BCUT2D eigenvalue weighted by Crippen LogP contribution is -2.39. The van der Waals surface area contributed by atoms with Gasteiger partial charge < -0.3 is 19.3 Å². The lowest BCUT2D eigenvalue weighted by Gasteiger charge is -2.31. The molecule has 1 amide bonds. The molecule has 0 saturated carbocycles. The lowest BCUT2D eigenvalue weighted by atomic mass is 9.99. The highest BCUT2D eigenvalue weighted by molar-refractivity contribution is 7.99. The third kappa shape index (κ3) is 4.76. The van der Waals surface area contributed by atoms with Crippen molar-refractivity contribution in [3.05, 3.63) is 41.7 Å². The van der Waals surface area contributed by atoms with Gasteiger partial charge in [0.15, 0.2) is 11.0 Å². The molecule has 2 aromatic rings. The minimum absolute atomic E-state index is 0.104. The maximum Gasteiger partial charge on any atom is 0.410 e. The topological polar surface area (TPSA) is 80.5 Å². The minimum atomic E-state index is -0.235. The van der Waals surface area contributed by atoms with Gasteiger partial charge in [0.25, 0.3) is 0 Å². The summed E-state index contributed by atoms with van der Waals surface area (Å²) in [5.41, 5.74) is 0.998. The number of aliphatic hydroxyl groups excluding tert-OH is 1. The van der Waals surface area contributed by atoms with Gasteiger partial charge in [0, 0.05) is 25.9 Å². The first-order chi connectivity index (χ1) is 12.7. The Bertz CT molecular complexity index is 714. The first-order valence-corrected chi connectivity index (χ1v) is 9.73. The Morgan fingerprint density at radius 3 is 2.65 bits per heavy atom. The van der Waals surface area contributed by atoms with Crippen LogP contribution in [-0.4, -0.2) is 49.7 Å². The van der Waals surface area contributed by atoms with E-state index in [0.717, 1.165) is 42.4 Å². The molecule has 1 aliphatic rings. The van der Waals surface area contributed by atoms with Crippen LogP contribution >= 0.6 is 11.8 Å². The number of benzene rings is 1. The van der Waals surface area contributed by atoms with E-state index in [9.17, 15) is 4.79 Å². The van der Waals surface area contributed by atoms with E-state index in [4.69, 9.17) is 9.84 Å². The molecular formula is C18H24N4O3S. The molecule has 1 aliphatic heterocycles. The summed E-state index contributed by atoms with van der Waals surface area (Å²) in [5, 5.41) is 18.0. The molecule has 140 valence electrons. The van der Waals surface area contributed by atoms with Crippen molar-refractivity contribution in [2.24, 2.45) is 13.0 Å². The normalized spacial score (nSPS) is 15.2. The van der Waals surface area contributed by atoms with Crippen LogP contribution in [0.3, 0.4) is 0 Å². The number of hydrogen-bond donors (Lipinski definition) is 1. The van der Waals surface area contributed by atoms with E-state index >= 15 is 0 Å². The molecule has 26 heavy (non-hydrogen) atoms. The monoisotopic (exact) mass is 376 g/mol.